The van der Waals surface area contributed by atoms with Crippen LogP contribution in [0.25, 0.3) is 0 Å². The standard InChI is InChI=1S/C14H19N/c1-5-7-13(4)15-10-14-11(2)8-6-9-12(14)3/h1,6,8-9,13,15H,7,10H2,2-4H3. The van der Waals surface area contributed by atoms with E-state index >= 15 is 0 Å². The van der Waals surface area contributed by atoms with Gasteiger partial charge in [-0.3, -0.25) is 0 Å². The molecule has 1 atom stereocenters. The molecule has 1 N–H and O–H groups in total. The largest absolute Gasteiger partial charge is 0.309 e. The van der Waals surface area contributed by atoms with Crippen LogP contribution >= 0.6 is 0 Å². The second-order valence-electron chi connectivity index (χ2n) is 4.06. The summed E-state index contributed by atoms with van der Waals surface area (Å²) in [5.74, 6) is 2.67. The van der Waals surface area contributed by atoms with Crippen LogP contribution in [-0.2, 0) is 6.54 Å². The molecule has 1 unspecified atom stereocenters. The van der Waals surface area contributed by atoms with Gasteiger partial charge in [0, 0.05) is 19.0 Å². The molecule has 0 aromatic heterocycles. The number of aryl methyl sites for hydroxylation is 2. The zero-order valence-electron chi connectivity index (χ0n) is 9.80. The molecule has 1 aromatic rings. The minimum absolute atomic E-state index is 0.383. The van der Waals surface area contributed by atoms with Crippen LogP contribution in [0.5, 0.6) is 0 Å². The van der Waals surface area contributed by atoms with Crippen LogP contribution in [0, 0.1) is 26.2 Å². The summed E-state index contributed by atoms with van der Waals surface area (Å²) in [5, 5.41) is 3.44. The van der Waals surface area contributed by atoms with Gasteiger partial charge in [0.05, 0.1) is 0 Å². The Bertz CT molecular complexity index is 340. The first-order chi connectivity index (χ1) is 7.15. The van der Waals surface area contributed by atoms with Crippen molar-refractivity contribution >= 4 is 0 Å². The van der Waals surface area contributed by atoms with Crippen molar-refractivity contribution < 1.29 is 0 Å². The first kappa shape index (κ1) is 11.8. The molecule has 80 valence electrons. The maximum Gasteiger partial charge on any atom is 0.0238 e. The van der Waals surface area contributed by atoms with Gasteiger partial charge >= 0.3 is 0 Å². The highest BCUT2D eigenvalue weighted by Crippen LogP contribution is 2.12. The van der Waals surface area contributed by atoms with Gasteiger partial charge in [-0.05, 0) is 37.5 Å². The summed E-state index contributed by atoms with van der Waals surface area (Å²) in [7, 11) is 0. The highest BCUT2D eigenvalue weighted by molar-refractivity contribution is 5.33. The van der Waals surface area contributed by atoms with E-state index in [0.717, 1.165) is 13.0 Å². The van der Waals surface area contributed by atoms with Gasteiger partial charge in [0.15, 0.2) is 0 Å². The summed E-state index contributed by atoms with van der Waals surface area (Å²) < 4.78 is 0. The minimum Gasteiger partial charge on any atom is -0.309 e. The van der Waals surface area contributed by atoms with Gasteiger partial charge in [-0.25, -0.2) is 0 Å². The molecule has 0 saturated heterocycles. The zero-order valence-corrected chi connectivity index (χ0v) is 9.80. The average molecular weight is 201 g/mol. The Morgan fingerprint density at radius 3 is 2.47 bits per heavy atom. The van der Waals surface area contributed by atoms with E-state index in [4.69, 9.17) is 6.42 Å². The van der Waals surface area contributed by atoms with Crippen LogP contribution in [-0.4, -0.2) is 6.04 Å². The van der Waals surface area contributed by atoms with Crippen molar-refractivity contribution in [1.82, 2.24) is 5.32 Å². The van der Waals surface area contributed by atoms with Gasteiger partial charge in [-0.2, -0.15) is 0 Å². The van der Waals surface area contributed by atoms with Gasteiger partial charge in [-0.1, -0.05) is 18.2 Å². The van der Waals surface area contributed by atoms with Crippen molar-refractivity contribution in [3.63, 3.8) is 0 Å². The summed E-state index contributed by atoms with van der Waals surface area (Å²) >= 11 is 0. The number of terminal acetylenes is 1. The molecule has 15 heavy (non-hydrogen) atoms. The average Bonchev–Trinajstić information content (AvgIpc) is 2.17. The topological polar surface area (TPSA) is 12.0 Å². The Hall–Kier alpha value is -1.26. The molecule has 0 spiro atoms. The summed E-state index contributed by atoms with van der Waals surface area (Å²) in [6.07, 6.45) is 6.05. The van der Waals surface area contributed by atoms with E-state index in [2.05, 4.69) is 50.2 Å². The first-order valence-corrected chi connectivity index (χ1v) is 5.37. The van der Waals surface area contributed by atoms with E-state index in [9.17, 15) is 0 Å². The van der Waals surface area contributed by atoms with Crippen molar-refractivity contribution in [2.75, 3.05) is 0 Å². The third-order valence-electron chi connectivity index (χ3n) is 2.70. The number of benzene rings is 1. The molecule has 0 aliphatic heterocycles. The van der Waals surface area contributed by atoms with Crippen molar-refractivity contribution in [2.24, 2.45) is 0 Å². The SMILES string of the molecule is C#CCC(C)NCc1c(C)cccc1C. The minimum atomic E-state index is 0.383. The molecular weight excluding hydrogens is 182 g/mol. The molecule has 1 nitrogen and oxygen atoms in total. The summed E-state index contributed by atoms with van der Waals surface area (Å²) in [6, 6.07) is 6.78. The molecule has 0 aliphatic carbocycles. The lowest BCUT2D eigenvalue weighted by atomic mass is 10.0. The number of rotatable bonds is 4. The second kappa shape index (κ2) is 5.58. The second-order valence-corrected chi connectivity index (χ2v) is 4.06. The predicted molar refractivity (Wildman–Crippen MR) is 65.7 cm³/mol. The number of hydrogen-bond acceptors (Lipinski definition) is 1. The summed E-state index contributed by atoms with van der Waals surface area (Å²) in [6.45, 7) is 7.32. The van der Waals surface area contributed by atoms with Gasteiger partial charge in [0.2, 0.25) is 0 Å². The van der Waals surface area contributed by atoms with Gasteiger partial charge < -0.3 is 5.32 Å². The van der Waals surface area contributed by atoms with Crippen LogP contribution in [0.4, 0.5) is 0 Å². The smallest absolute Gasteiger partial charge is 0.0238 e. The molecule has 1 rings (SSSR count). The van der Waals surface area contributed by atoms with Crippen molar-refractivity contribution in [3.8, 4) is 12.3 Å². The Labute approximate surface area is 92.9 Å². The van der Waals surface area contributed by atoms with E-state index in [1.807, 2.05) is 0 Å². The van der Waals surface area contributed by atoms with Crippen LogP contribution in [0.2, 0.25) is 0 Å². The zero-order chi connectivity index (χ0) is 11.3. The third-order valence-corrected chi connectivity index (χ3v) is 2.70. The highest BCUT2D eigenvalue weighted by Gasteiger charge is 2.03. The predicted octanol–water partition coefficient (Wildman–Crippen LogP) is 2.80. The van der Waals surface area contributed by atoms with Gasteiger partial charge in [-0.15, -0.1) is 12.3 Å². The Balaban J connectivity index is 2.62. The third kappa shape index (κ3) is 3.42. The molecule has 1 heteroatoms. The van der Waals surface area contributed by atoms with E-state index in [0.29, 0.717) is 6.04 Å². The molecule has 0 radical (unpaired) electrons. The van der Waals surface area contributed by atoms with E-state index < -0.39 is 0 Å². The van der Waals surface area contributed by atoms with Gasteiger partial charge in [0.25, 0.3) is 0 Å². The lowest BCUT2D eigenvalue weighted by Crippen LogP contribution is -2.25. The molecular formula is C14H19N. The fraction of sp³-hybridized carbons (Fsp3) is 0.429. The van der Waals surface area contributed by atoms with Crippen LogP contribution in [0.3, 0.4) is 0 Å². The quantitative estimate of drug-likeness (QED) is 0.739. The fourth-order valence-electron chi connectivity index (χ4n) is 1.65. The summed E-state index contributed by atoms with van der Waals surface area (Å²) in [5.41, 5.74) is 4.08. The molecule has 0 aliphatic rings. The van der Waals surface area contributed by atoms with Crippen LogP contribution in [0.1, 0.15) is 30.0 Å². The molecule has 0 bridgehead atoms. The molecule has 1 aromatic carbocycles. The summed E-state index contributed by atoms with van der Waals surface area (Å²) in [4.78, 5) is 0. The number of hydrogen-bond donors (Lipinski definition) is 1. The number of nitrogens with one attached hydrogen (secondary N) is 1. The van der Waals surface area contributed by atoms with Crippen LogP contribution < -0.4 is 5.32 Å². The van der Waals surface area contributed by atoms with Crippen molar-refractivity contribution in [3.05, 3.63) is 34.9 Å². The molecule has 0 amide bonds. The Morgan fingerprint density at radius 1 is 1.33 bits per heavy atom. The normalized spacial score (nSPS) is 12.1. The van der Waals surface area contributed by atoms with Crippen molar-refractivity contribution in [2.45, 2.75) is 39.8 Å². The van der Waals surface area contributed by atoms with Crippen molar-refractivity contribution in [1.29, 1.82) is 0 Å². The van der Waals surface area contributed by atoms with Gasteiger partial charge in [0.1, 0.15) is 0 Å². The Kier molecular flexibility index (Phi) is 4.39. The maximum atomic E-state index is 5.27. The van der Waals surface area contributed by atoms with E-state index in [1.54, 1.807) is 0 Å². The highest BCUT2D eigenvalue weighted by atomic mass is 14.9. The monoisotopic (exact) mass is 201 g/mol. The fourth-order valence-corrected chi connectivity index (χ4v) is 1.65. The van der Waals surface area contributed by atoms with E-state index in [-0.39, 0.29) is 0 Å². The molecule has 0 saturated carbocycles. The van der Waals surface area contributed by atoms with Crippen LogP contribution in [0.15, 0.2) is 18.2 Å². The lowest BCUT2D eigenvalue weighted by Gasteiger charge is -2.14. The molecule has 0 fully saturated rings. The molecule has 0 heterocycles. The first-order valence-electron chi connectivity index (χ1n) is 5.37. The lowest BCUT2D eigenvalue weighted by molar-refractivity contribution is 0.557. The van der Waals surface area contributed by atoms with E-state index in [1.165, 1.54) is 16.7 Å². The maximum absolute atomic E-state index is 5.27. The Morgan fingerprint density at radius 2 is 1.93 bits per heavy atom.